The van der Waals surface area contributed by atoms with Gasteiger partial charge in [0.05, 0.1) is 52.7 Å². The number of para-hydroxylation sites is 2. The molecule has 2 N–H and O–H groups in total. The molecule has 0 spiro atoms. The molecule has 5 rings (SSSR count). The van der Waals surface area contributed by atoms with E-state index < -0.39 is 31.8 Å². The van der Waals surface area contributed by atoms with Crippen molar-refractivity contribution in [1.82, 2.24) is 15.2 Å². The van der Waals surface area contributed by atoms with Crippen LogP contribution in [-0.4, -0.2) is 93.9 Å². The smallest absolute Gasteiger partial charge is 0.497 e. The first-order chi connectivity index (χ1) is 24.9. The van der Waals surface area contributed by atoms with Gasteiger partial charge in [-0.1, -0.05) is 12.1 Å². The van der Waals surface area contributed by atoms with Crippen LogP contribution in [0.5, 0.6) is 17.2 Å². The summed E-state index contributed by atoms with van der Waals surface area (Å²) in [7, 11) is -5.08. The Labute approximate surface area is 303 Å². The summed E-state index contributed by atoms with van der Waals surface area (Å²) in [6, 6.07) is 22.6. The zero-order valence-electron chi connectivity index (χ0n) is 29.0. The zero-order chi connectivity index (χ0) is 37.4. The molecule has 1 aliphatic heterocycles. The van der Waals surface area contributed by atoms with Crippen molar-refractivity contribution < 1.29 is 44.2 Å². The molecule has 0 unspecified atom stereocenters. The number of hydrogen-bond donors (Lipinski definition) is 1. The number of amides is 1. The van der Waals surface area contributed by atoms with E-state index in [0.29, 0.717) is 18.0 Å². The first-order valence-corrected chi connectivity index (χ1v) is 19.5. The number of carbonyl (C=O) groups excluding carboxylic acids is 1. The highest BCUT2D eigenvalue weighted by molar-refractivity contribution is 8.32. The highest BCUT2D eigenvalue weighted by Gasteiger charge is 2.58. The molecule has 1 aromatic heterocycles. The Morgan fingerprint density at radius 3 is 1.92 bits per heavy atom. The van der Waals surface area contributed by atoms with Gasteiger partial charge in [0.15, 0.2) is 5.03 Å². The third-order valence-electron chi connectivity index (χ3n) is 8.59. The van der Waals surface area contributed by atoms with Crippen LogP contribution in [0.1, 0.15) is 23.2 Å². The number of piperazine rings is 1. The van der Waals surface area contributed by atoms with E-state index >= 15 is 0 Å². The standard InChI is InChI=1S/C36H41F3N4O7S2/c1-47-28-11-15-30(16-12-28)51(50-52(45,46)36(37,38)39,31-17-13-29(48-2)14-18-31)34-19-10-27(26-41-34)35(44)40-20-6-7-21-42-22-24-43(25-23-42)32-8-4-5-9-33(32)49-3/h4-5,8-19,26H,6-7,20-25H2,1-3H3,(H,40,44)/p+1. The summed E-state index contributed by atoms with van der Waals surface area (Å²) in [5, 5.41) is 2.80. The van der Waals surface area contributed by atoms with E-state index in [-0.39, 0.29) is 20.4 Å². The van der Waals surface area contributed by atoms with Crippen LogP contribution in [-0.2, 0) is 10.1 Å². The number of unbranched alkanes of at least 4 members (excludes halogenated alkanes) is 1. The number of rotatable bonds is 15. The minimum absolute atomic E-state index is 0.0713. The molecular weight excluding hydrogens is 722 g/mol. The van der Waals surface area contributed by atoms with Crippen LogP contribution in [0.2, 0.25) is 0 Å². The Kier molecular flexibility index (Phi) is 12.6. The SMILES string of the molecule is COc1ccc(S([OH+]S(=O)(=O)C(F)(F)F)(c2ccc(OC)cc2)c2ccc(C(=O)NCCCCN3CCN(c4ccccc4OC)CC3)cn2)cc1. The van der Waals surface area contributed by atoms with Crippen molar-refractivity contribution in [2.24, 2.45) is 0 Å². The van der Waals surface area contributed by atoms with Gasteiger partial charge >= 0.3 is 15.6 Å². The minimum Gasteiger partial charge on any atom is -0.497 e. The summed E-state index contributed by atoms with van der Waals surface area (Å²) in [4.78, 5) is 22.5. The average Bonchev–Trinajstić information content (AvgIpc) is 3.16. The van der Waals surface area contributed by atoms with Gasteiger partial charge in [-0.2, -0.15) is 13.2 Å². The van der Waals surface area contributed by atoms with Crippen molar-refractivity contribution >= 4 is 32.0 Å². The third-order valence-corrected chi connectivity index (χ3v) is 13.6. The Bertz CT molecular complexity index is 1840. The summed E-state index contributed by atoms with van der Waals surface area (Å²) in [5.41, 5.74) is -4.42. The van der Waals surface area contributed by atoms with Crippen molar-refractivity contribution in [3.63, 3.8) is 0 Å². The largest absolute Gasteiger partial charge is 0.572 e. The van der Waals surface area contributed by atoms with Crippen LogP contribution in [0.25, 0.3) is 0 Å². The van der Waals surface area contributed by atoms with Gasteiger partial charge in [-0.25, -0.2) is 4.98 Å². The Balaban J connectivity index is 1.28. The number of pyridine rings is 1. The van der Waals surface area contributed by atoms with Crippen molar-refractivity contribution in [1.29, 1.82) is 0 Å². The fourth-order valence-corrected chi connectivity index (χ4v) is 10.6. The number of ether oxygens (including phenoxy) is 3. The third kappa shape index (κ3) is 8.74. The van der Waals surface area contributed by atoms with E-state index in [1.807, 2.05) is 18.2 Å². The van der Waals surface area contributed by atoms with Crippen LogP contribution in [0.3, 0.4) is 0 Å². The topological polar surface area (TPSA) is 123 Å². The summed E-state index contributed by atoms with van der Waals surface area (Å²) >= 11 is 0. The molecule has 0 bridgehead atoms. The lowest BCUT2D eigenvalue weighted by Crippen LogP contribution is -2.46. The van der Waals surface area contributed by atoms with Gasteiger partial charge in [0, 0.05) is 38.9 Å². The molecule has 52 heavy (non-hydrogen) atoms. The van der Waals surface area contributed by atoms with E-state index in [4.69, 9.17) is 14.2 Å². The number of halogens is 3. The number of benzene rings is 3. The number of hydrogen-bond acceptors (Lipinski definition) is 9. The minimum atomic E-state index is -6.03. The maximum Gasteiger partial charge on any atom is 0.572 e. The van der Waals surface area contributed by atoms with Gasteiger partial charge < -0.3 is 24.4 Å². The number of carbonyl (C=O) groups is 1. The molecule has 0 saturated carbocycles. The van der Waals surface area contributed by atoms with Crippen molar-refractivity contribution in [3.05, 3.63) is 96.7 Å². The van der Waals surface area contributed by atoms with Gasteiger partial charge in [0.2, 0.25) is 0 Å². The Morgan fingerprint density at radius 2 is 1.40 bits per heavy atom. The maximum absolute atomic E-state index is 13.9. The van der Waals surface area contributed by atoms with E-state index in [2.05, 4.69) is 29.8 Å². The number of anilines is 1. The fraction of sp³-hybridized carbons (Fsp3) is 0.333. The quantitative estimate of drug-likeness (QED) is 0.0620. The second-order valence-corrected chi connectivity index (χ2v) is 16.3. The molecule has 0 aliphatic carbocycles. The highest BCUT2D eigenvalue weighted by atomic mass is 32.3. The van der Waals surface area contributed by atoms with E-state index in [1.54, 1.807) is 7.11 Å². The molecule has 16 heteroatoms. The lowest BCUT2D eigenvalue weighted by Gasteiger charge is -2.36. The average molecular weight is 764 g/mol. The number of alkyl halides is 3. The number of aromatic nitrogens is 1. The summed E-state index contributed by atoms with van der Waals surface area (Å²) in [5.74, 6) is 1.24. The van der Waals surface area contributed by atoms with Gasteiger partial charge in [0.25, 0.3) is 5.91 Å². The first kappa shape index (κ1) is 38.7. The summed E-state index contributed by atoms with van der Waals surface area (Å²) < 4.78 is 86.8. The van der Waals surface area contributed by atoms with Crippen LogP contribution < -0.4 is 24.4 Å². The maximum atomic E-state index is 13.9. The Morgan fingerprint density at radius 1 is 0.808 bits per heavy atom. The van der Waals surface area contributed by atoms with Crippen molar-refractivity contribution in [2.75, 3.05) is 65.5 Å². The van der Waals surface area contributed by atoms with Gasteiger partial charge in [-0.15, -0.1) is 8.42 Å². The molecule has 1 saturated heterocycles. The van der Waals surface area contributed by atoms with Crippen LogP contribution >= 0.6 is 10.3 Å². The number of methoxy groups -OCH3 is 3. The fourth-order valence-electron chi connectivity index (χ4n) is 5.79. The van der Waals surface area contributed by atoms with Gasteiger partial charge in [-0.3, -0.25) is 13.3 Å². The molecule has 4 aromatic rings. The molecule has 0 radical (unpaired) electrons. The molecule has 1 fully saturated rings. The second-order valence-electron chi connectivity index (χ2n) is 11.8. The van der Waals surface area contributed by atoms with E-state index in [9.17, 15) is 26.4 Å². The summed E-state index contributed by atoms with van der Waals surface area (Å²) in [6.45, 7) is 4.89. The van der Waals surface area contributed by atoms with Gasteiger partial charge in [-0.05, 0) is 92.2 Å². The monoisotopic (exact) mass is 763 g/mol. The molecule has 1 amide bonds. The highest BCUT2D eigenvalue weighted by Crippen LogP contribution is 2.68. The van der Waals surface area contributed by atoms with Crippen molar-refractivity contribution in [2.45, 2.75) is 33.2 Å². The van der Waals surface area contributed by atoms with Crippen LogP contribution in [0.4, 0.5) is 18.9 Å². The molecule has 11 nitrogen and oxygen atoms in total. The summed E-state index contributed by atoms with van der Waals surface area (Å²) in [6.07, 6.45) is 2.83. The van der Waals surface area contributed by atoms with E-state index in [1.165, 1.54) is 81.1 Å². The lowest BCUT2D eigenvalue weighted by atomic mass is 10.2. The first-order valence-electron chi connectivity index (χ1n) is 16.4. The number of nitrogens with one attached hydrogen (secondary N) is 1. The van der Waals surface area contributed by atoms with Crippen LogP contribution in [0, 0.1) is 0 Å². The van der Waals surface area contributed by atoms with Crippen molar-refractivity contribution in [3.8, 4) is 17.2 Å². The van der Waals surface area contributed by atoms with Crippen LogP contribution in [0.15, 0.2) is 106 Å². The lowest BCUT2D eigenvalue weighted by molar-refractivity contribution is -0.0540. The normalized spacial score (nSPS) is 14.5. The second kappa shape index (κ2) is 16.9. The zero-order valence-corrected chi connectivity index (χ0v) is 30.6. The molecule has 0 atom stereocenters. The molecule has 2 heterocycles. The Hall–Kier alpha value is -4.51. The molecule has 3 aromatic carbocycles. The predicted molar refractivity (Wildman–Crippen MR) is 193 cm³/mol. The van der Waals surface area contributed by atoms with Gasteiger partial charge in [0.1, 0.15) is 17.2 Å². The molecular formula is C36H42F3N4O7S2+. The molecule has 1 aliphatic rings. The van der Waals surface area contributed by atoms with E-state index in [0.717, 1.165) is 57.0 Å². The molecule has 280 valence electrons. The predicted octanol–water partition coefficient (Wildman–Crippen LogP) is 6.58. The number of nitrogens with zero attached hydrogens (tertiary/aromatic N) is 3.